The second-order valence-corrected chi connectivity index (χ2v) is 8.46. The van der Waals surface area contributed by atoms with Gasteiger partial charge in [-0.05, 0) is 6.07 Å². The van der Waals surface area contributed by atoms with Crippen LogP contribution in [0.5, 0.6) is 40.2 Å². The van der Waals surface area contributed by atoms with Gasteiger partial charge in [0.25, 0.3) is 0 Å². The zero-order valence-corrected chi connectivity index (χ0v) is 21.3. The fraction of sp³-hybridized carbons (Fsp3) is 0.400. The second kappa shape index (κ2) is 11.0. The molecule has 0 unspecified atom stereocenters. The summed E-state index contributed by atoms with van der Waals surface area (Å²) in [5.41, 5.74) is -1.04. The van der Waals surface area contributed by atoms with Gasteiger partial charge in [-0.3, -0.25) is 4.79 Å². The van der Waals surface area contributed by atoms with Crippen molar-refractivity contribution in [3.05, 3.63) is 28.4 Å². The molecule has 0 aliphatic carbocycles. The Labute approximate surface area is 220 Å². The van der Waals surface area contributed by atoms with Crippen LogP contribution in [-0.2, 0) is 4.74 Å². The van der Waals surface area contributed by atoms with Crippen molar-refractivity contribution in [1.82, 2.24) is 0 Å². The fourth-order valence-corrected chi connectivity index (χ4v) is 4.26. The summed E-state index contributed by atoms with van der Waals surface area (Å²) in [6, 6.07) is 3.64. The van der Waals surface area contributed by atoms with E-state index in [0.29, 0.717) is 0 Å². The number of aliphatic hydroxyl groups excluding tert-OH is 4. The van der Waals surface area contributed by atoms with Gasteiger partial charge in [0.15, 0.2) is 28.8 Å². The number of hydrogen-bond acceptors (Lipinski definition) is 14. The molecule has 4 rings (SSSR count). The summed E-state index contributed by atoms with van der Waals surface area (Å²) >= 11 is 0. The van der Waals surface area contributed by atoms with E-state index in [1.165, 1.54) is 40.6 Å². The van der Waals surface area contributed by atoms with Crippen LogP contribution < -0.4 is 29.1 Å². The number of phenols is 2. The minimum Gasteiger partial charge on any atom is -0.507 e. The second-order valence-electron chi connectivity index (χ2n) is 8.46. The van der Waals surface area contributed by atoms with E-state index in [9.17, 15) is 35.4 Å². The summed E-state index contributed by atoms with van der Waals surface area (Å²) in [5, 5.41) is 61.2. The average Bonchev–Trinajstić information content (AvgIpc) is 2.93. The molecular weight excluding hydrogens is 524 g/mol. The summed E-state index contributed by atoms with van der Waals surface area (Å²) in [7, 11) is 5.06. The molecule has 1 aliphatic rings. The van der Waals surface area contributed by atoms with Crippen LogP contribution >= 0.6 is 0 Å². The molecule has 1 saturated heterocycles. The Bertz CT molecular complexity index is 1410. The maximum Gasteiger partial charge on any atom is 0.239 e. The molecule has 2 aromatic carbocycles. The van der Waals surface area contributed by atoms with Gasteiger partial charge in [-0.1, -0.05) is 0 Å². The van der Waals surface area contributed by atoms with Gasteiger partial charge in [-0.25, -0.2) is 0 Å². The van der Waals surface area contributed by atoms with Gasteiger partial charge in [0.2, 0.25) is 23.2 Å². The molecule has 212 valence electrons. The molecule has 0 amide bonds. The maximum absolute atomic E-state index is 13.4. The standard InChI is InChI=1S/C25H28O14/c1-33-11-6-10(27)9(5-12(11)38-25-21(32)20(31)17(28)15(8-26)39-25)22-24(36-4)19(30)16-13(37-22)7-14(34-2)23(35-3)18(16)29/h5-7,15,17,20-21,25-29,31-32H,8H2,1-4H3/t15-,17-,20-,21+,25-/m0/s1. The fourth-order valence-electron chi connectivity index (χ4n) is 4.26. The van der Waals surface area contributed by atoms with E-state index >= 15 is 0 Å². The quantitative estimate of drug-likeness (QED) is 0.219. The summed E-state index contributed by atoms with van der Waals surface area (Å²) < 4.78 is 37.9. The van der Waals surface area contributed by atoms with E-state index in [4.69, 9.17) is 32.8 Å². The van der Waals surface area contributed by atoms with Crippen LogP contribution in [0.1, 0.15) is 0 Å². The van der Waals surface area contributed by atoms with Gasteiger partial charge >= 0.3 is 0 Å². The largest absolute Gasteiger partial charge is 0.507 e. The molecule has 39 heavy (non-hydrogen) atoms. The highest BCUT2D eigenvalue weighted by Gasteiger charge is 2.45. The van der Waals surface area contributed by atoms with Crippen molar-refractivity contribution in [1.29, 1.82) is 0 Å². The number of methoxy groups -OCH3 is 4. The number of fused-ring (bicyclic) bond motifs is 1. The molecule has 0 radical (unpaired) electrons. The first kappa shape index (κ1) is 28.1. The minimum absolute atomic E-state index is 0.0423. The molecular formula is C25H28O14. The van der Waals surface area contributed by atoms with E-state index < -0.39 is 54.2 Å². The highest BCUT2D eigenvalue weighted by Crippen LogP contribution is 2.47. The lowest BCUT2D eigenvalue weighted by atomic mass is 9.99. The first-order chi connectivity index (χ1) is 18.6. The molecule has 3 aromatic rings. The molecule has 14 nitrogen and oxygen atoms in total. The molecule has 0 saturated carbocycles. The zero-order chi connectivity index (χ0) is 28.6. The molecule has 14 heteroatoms. The molecule has 6 N–H and O–H groups in total. The van der Waals surface area contributed by atoms with Crippen molar-refractivity contribution >= 4 is 11.0 Å². The summed E-state index contributed by atoms with van der Waals surface area (Å²) in [6.07, 6.45) is -7.87. The number of aromatic hydroxyl groups is 2. The van der Waals surface area contributed by atoms with Crippen molar-refractivity contribution in [2.75, 3.05) is 35.0 Å². The predicted octanol–water partition coefficient (Wildman–Crippen LogP) is 0.0843. The Hall–Kier alpha value is -3.95. The van der Waals surface area contributed by atoms with Crippen LogP contribution in [0.2, 0.25) is 0 Å². The molecule has 0 bridgehead atoms. The normalized spacial score (nSPS) is 22.9. The predicted molar refractivity (Wildman–Crippen MR) is 132 cm³/mol. The molecule has 1 aromatic heterocycles. The van der Waals surface area contributed by atoms with Crippen molar-refractivity contribution in [2.45, 2.75) is 30.7 Å². The average molecular weight is 552 g/mol. The number of benzene rings is 2. The first-order valence-corrected chi connectivity index (χ1v) is 11.5. The van der Waals surface area contributed by atoms with Crippen LogP contribution in [0.15, 0.2) is 27.4 Å². The SMILES string of the molecule is COc1cc(O)c(-c2oc3cc(OC)c(OC)c(O)c3c(=O)c2OC)cc1O[C@H]1O[C@@H](CO)[C@H](O)[C@H](O)[C@H]1O. The van der Waals surface area contributed by atoms with Crippen molar-refractivity contribution in [3.8, 4) is 51.6 Å². The Morgan fingerprint density at radius 1 is 0.821 bits per heavy atom. The number of rotatable bonds is 8. The van der Waals surface area contributed by atoms with Gasteiger partial charge in [0.1, 0.15) is 41.1 Å². The van der Waals surface area contributed by atoms with Crippen molar-refractivity contribution in [2.24, 2.45) is 0 Å². The molecule has 1 aliphatic heterocycles. The van der Waals surface area contributed by atoms with Crippen molar-refractivity contribution in [3.63, 3.8) is 0 Å². The number of ether oxygens (including phenoxy) is 6. The Morgan fingerprint density at radius 2 is 1.49 bits per heavy atom. The van der Waals surface area contributed by atoms with Crippen LogP contribution in [0.25, 0.3) is 22.3 Å². The smallest absolute Gasteiger partial charge is 0.239 e. The van der Waals surface area contributed by atoms with Gasteiger partial charge in [0, 0.05) is 12.1 Å². The molecule has 2 heterocycles. The zero-order valence-electron chi connectivity index (χ0n) is 21.3. The van der Waals surface area contributed by atoms with Gasteiger partial charge < -0.3 is 63.5 Å². The van der Waals surface area contributed by atoms with E-state index in [0.717, 1.165) is 6.07 Å². The lowest BCUT2D eigenvalue weighted by Gasteiger charge is -2.39. The first-order valence-electron chi connectivity index (χ1n) is 11.5. The van der Waals surface area contributed by atoms with Gasteiger partial charge in [-0.15, -0.1) is 0 Å². The van der Waals surface area contributed by atoms with Crippen molar-refractivity contribution < 1.29 is 63.5 Å². The van der Waals surface area contributed by atoms with E-state index in [-0.39, 0.29) is 51.0 Å². The lowest BCUT2D eigenvalue weighted by molar-refractivity contribution is -0.277. The third-order valence-corrected chi connectivity index (χ3v) is 6.28. The molecule has 5 atom stereocenters. The van der Waals surface area contributed by atoms with Crippen LogP contribution in [0, 0.1) is 0 Å². The Balaban J connectivity index is 1.88. The number of phenolic OH excluding ortho intramolecular Hbond substituents is 2. The Morgan fingerprint density at radius 3 is 2.08 bits per heavy atom. The maximum atomic E-state index is 13.4. The van der Waals surface area contributed by atoms with Crippen LogP contribution in [0.3, 0.4) is 0 Å². The van der Waals surface area contributed by atoms with E-state index in [1.54, 1.807) is 0 Å². The summed E-state index contributed by atoms with van der Waals surface area (Å²) in [5.74, 6) is -1.85. The summed E-state index contributed by atoms with van der Waals surface area (Å²) in [6.45, 7) is -0.677. The van der Waals surface area contributed by atoms with E-state index in [2.05, 4.69) is 0 Å². The van der Waals surface area contributed by atoms with Gasteiger partial charge in [-0.2, -0.15) is 0 Å². The highest BCUT2D eigenvalue weighted by molar-refractivity contribution is 5.92. The monoisotopic (exact) mass is 552 g/mol. The van der Waals surface area contributed by atoms with Gasteiger partial charge in [0.05, 0.1) is 40.6 Å². The Kier molecular flexibility index (Phi) is 7.94. The number of hydrogen-bond donors (Lipinski definition) is 6. The van der Waals surface area contributed by atoms with Crippen LogP contribution in [-0.4, -0.2) is 96.4 Å². The topological polar surface area (TPSA) is 207 Å². The molecule has 0 spiro atoms. The minimum atomic E-state index is -1.73. The number of aliphatic hydroxyl groups is 4. The van der Waals surface area contributed by atoms with E-state index in [1.807, 2.05) is 0 Å². The van der Waals surface area contributed by atoms with Crippen LogP contribution in [0.4, 0.5) is 0 Å². The molecule has 1 fully saturated rings. The lowest BCUT2D eigenvalue weighted by Crippen LogP contribution is -2.60. The highest BCUT2D eigenvalue weighted by atomic mass is 16.7. The third-order valence-electron chi connectivity index (χ3n) is 6.28. The summed E-state index contributed by atoms with van der Waals surface area (Å²) in [4.78, 5) is 13.4. The third kappa shape index (κ3) is 4.72.